The van der Waals surface area contributed by atoms with E-state index in [0.29, 0.717) is 43.4 Å². The van der Waals surface area contributed by atoms with E-state index in [-0.39, 0.29) is 47.5 Å². The molecule has 0 spiro atoms. The molecule has 2 aliphatic heterocycles. The van der Waals surface area contributed by atoms with Gasteiger partial charge in [0.2, 0.25) is 0 Å². The first-order valence-electron chi connectivity index (χ1n) is 14.7. The van der Waals surface area contributed by atoms with Crippen LogP contribution in [0.15, 0.2) is 48.5 Å². The van der Waals surface area contributed by atoms with Gasteiger partial charge >= 0.3 is 29.6 Å². The number of hydrogen-bond donors (Lipinski definition) is 0. The average Bonchev–Trinajstić information content (AvgIpc) is 3.83. The Labute approximate surface area is 268 Å². The van der Waals surface area contributed by atoms with Crippen molar-refractivity contribution in [2.24, 2.45) is 5.92 Å². The zero-order chi connectivity index (χ0) is 28.5. The maximum atomic E-state index is 15.1. The zero-order valence-electron chi connectivity index (χ0n) is 24.5. The Morgan fingerprint density at radius 3 is 2.38 bits per heavy atom. The summed E-state index contributed by atoms with van der Waals surface area (Å²) in [7, 11) is 0. The van der Waals surface area contributed by atoms with E-state index in [2.05, 4.69) is 35.0 Å². The van der Waals surface area contributed by atoms with E-state index >= 15 is 4.39 Å². The molecule has 3 aromatic rings. The fourth-order valence-corrected chi connectivity index (χ4v) is 6.31. The number of carbonyl (C=O) groups is 1. The predicted molar refractivity (Wildman–Crippen MR) is 152 cm³/mol. The van der Waals surface area contributed by atoms with Crippen LogP contribution < -0.4 is 44.3 Å². The van der Waals surface area contributed by atoms with Crippen LogP contribution in [0.5, 0.6) is 5.75 Å². The van der Waals surface area contributed by atoms with E-state index < -0.39 is 23.5 Å². The predicted octanol–water partition coefficient (Wildman–Crippen LogP) is 2.23. The van der Waals surface area contributed by atoms with E-state index in [1.54, 1.807) is 12.1 Å². The minimum atomic E-state index is -1.03. The van der Waals surface area contributed by atoms with Crippen LogP contribution in [0, 0.1) is 24.5 Å². The van der Waals surface area contributed by atoms with Crippen molar-refractivity contribution >= 4 is 11.8 Å². The van der Waals surface area contributed by atoms with Crippen molar-refractivity contribution in [3.05, 3.63) is 76.9 Å². The number of aliphatic carboxylic acids is 1. The van der Waals surface area contributed by atoms with Gasteiger partial charge in [-0.2, -0.15) is 0 Å². The number of benzene rings is 2. The van der Waals surface area contributed by atoms with Gasteiger partial charge in [-0.05, 0) is 99.3 Å². The third-order valence-electron chi connectivity index (χ3n) is 8.97. The van der Waals surface area contributed by atoms with Gasteiger partial charge in [0.05, 0.1) is 5.69 Å². The van der Waals surface area contributed by atoms with Crippen molar-refractivity contribution in [1.82, 2.24) is 9.88 Å². The first kappa shape index (κ1) is 30.9. The van der Waals surface area contributed by atoms with E-state index in [1.807, 2.05) is 11.0 Å². The Kier molecular flexibility index (Phi) is 9.88. The molecule has 0 unspecified atom stereocenters. The minimum absolute atomic E-state index is 0. The van der Waals surface area contributed by atoms with Crippen LogP contribution in [0.25, 0.3) is 11.3 Å². The molecule has 0 atom stereocenters. The number of piperidine rings is 2. The molecule has 42 heavy (non-hydrogen) atoms. The standard InChI is InChI=1S/C33H37F2N3O3.Na/c1-21-17-24(22-9-13-37(14-10-22)27-7-8-27)5-6-25(21)20-41-32-28(18-26(34)19-29(32)35)30-3-2-4-31(36-30)38-15-11-23(12-16-38)33(39)40;/h2-6,17-19,22-23,27H,7-16,20H2,1H3,(H,39,40);/q;+1/p-1. The van der Waals surface area contributed by atoms with Gasteiger partial charge in [0.15, 0.2) is 11.6 Å². The van der Waals surface area contributed by atoms with Crippen molar-refractivity contribution in [1.29, 1.82) is 0 Å². The Bertz CT molecular complexity index is 1420. The number of aromatic nitrogens is 1. The van der Waals surface area contributed by atoms with Gasteiger partial charge < -0.3 is 24.4 Å². The summed E-state index contributed by atoms with van der Waals surface area (Å²) in [5, 5.41) is 11.2. The molecule has 6 nitrogen and oxygen atoms in total. The molecule has 0 bridgehead atoms. The number of carbonyl (C=O) groups excluding carboxylic acids is 1. The largest absolute Gasteiger partial charge is 1.00 e. The van der Waals surface area contributed by atoms with Crippen LogP contribution in [0.2, 0.25) is 0 Å². The van der Waals surface area contributed by atoms with E-state index in [0.717, 1.165) is 23.2 Å². The number of carboxylic acid groups (broad SMARTS) is 1. The first-order valence-corrected chi connectivity index (χ1v) is 14.7. The molecule has 1 aliphatic carbocycles. The molecule has 2 aromatic carbocycles. The molecular formula is C33H36F2N3NaO3. The molecule has 3 fully saturated rings. The Morgan fingerprint density at radius 1 is 0.976 bits per heavy atom. The first-order chi connectivity index (χ1) is 19.9. The summed E-state index contributed by atoms with van der Waals surface area (Å²) in [5.41, 5.74) is 4.03. The monoisotopic (exact) mass is 583 g/mol. The molecule has 0 amide bonds. The van der Waals surface area contributed by atoms with Crippen LogP contribution in [0.1, 0.15) is 61.1 Å². The second-order valence-electron chi connectivity index (χ2n) is 11.7. The van der Waals surface area contributed by atoms with E-state index in [9.17, 15) is 14.3 Å². The number of aryl methyl sites for hydroxylation is 1. The van der Waals surface area contributed by atoms with Gasteiger partial charge in [0.25, 0.3) is 0 Å². The number of ether oxygens (including phenoxy) is 1. The van der Waals surface area contributed by atoms with Crippen LogP contribution >= 0.6 is 0 Å². The second-order valence-corrected chi connectivity index (χ2v) is 11.7. The van der Waals surface area contributed by atoms with Crippen molar-refractivity contribution in [3.63, 3.8) is 0 Å². The van der Waals surface area contributed by atoms with Crippen molar-refractivity contribution in [2.45, 2.75) is 64.0 Å². The summed E-state index contributed by atoms with van der Waals surface area (Å²) >= 11 is 0. The number of anilines is 1. The third-order valence-corrected chi connectivity index (χ3v) is 8.97. The third kappa shape index (κ3) is 6.99. The van der Waals surface area contributed by atoms with Crippen LogP contribution in [0.4, 0.5) is 14.6 Å². The molecule has 3 aliphatic rings. The zero-order valence-corrected chi connectivity index (χ0v) is 26.5. The van der Waals surface area contributed by atoms with Crippen LogP contribution in [-0.2, 0) is 11.4 Å². The average molecular weight is 584 g/mol. The smallest absolute Gasteiger partial charge is 0.550 e. The number of hydrogen-bond acceptors (Lipinski definition) is 6. The number of halogens is 2. The number of carboxylic acids is 1. The molecule has 1 saturated carbocycles. The Hall–Kier alpha value is -2.52. The Balaban J connectivity index is 0.00000353. The van der Waals surface area contributed by atoms with Gasteiger partial charge in [0, 0.05) is 42.6 Å². The normalized spacial score (nSPS) is 18.5. The van der Waals surface area contributed by atoms with Crippen molar-refractivity contribution in [3.8, 4) is 17.0 Å². The molecule has 6 rings (SSSR count). The van der Waals surface area contributed by atoms with E-state index in [4.69, 9.17) is 4.74 Å². The van der Waals surface area contributed by atoms with Gasteiger partial charge in [-0.1, -0.05) is 24.3 Å². The number of likely N-dealkylation sites (tertiary alicyclic amines) is 1. The number of nitrogens with zero attached hydrogens (tertiary/aromatic N) is 3. The summed E-state index contributed by atoms with van der Waals surface area (Å²) < 4.78 is 35.5. The van der Waals surface area contributed by atoms with Gasteiger partial charge in [0.1, 0.15) is 18.2 Å². The fourth-order valence-electron chi connectivity index (χ4n) is 6.31. The summed E-state index contributed by atoms with van der Waals surface area (Å²) in [6.45, 7) is 5.57. The molecule has 3 heterocycles. The maximum Gasteiger partial charge on any atom is 1.00 e. The molecule has 0 radical (unpaired) electrons. The quantitative estimate of drug-likeness (QED) is 0.379. The van der Waals surface area contributed by atoms with Crippen molar-refractivity contribution < 1.29 is 53.0 Å². The molecule has 1 aromatic heterocycles. The SMILES string of the molecule is Cc1cc(C2CCN(C3CC3)CC2)ccc1COc1c(F)cc(F)cc1-c1cccc(N2CCC(C(=O)[O-])CC2)n1.[Na+]. The maximum absolute atomic E-state index is 15.1. The molecule has 9 heteroatoms. The van der Waals surface area contributed by atoms with Gasteiger partial charge in [-0.25, -0.2) is 13.8 Å². The minimum Gasteiger partial charge on any atom is -0.550 e. The van der Waals surface area contributed by atoms with Gasteiger partial charge in [-0.15, -0.1) is 0 Å². The molecular weight excluding hydrogens is 547 g/mol. The number of rotatable bonds is 8. The van der Waals surface area contributed by atoms with Crippen LogP contribution in [0.3, 0.4) is 0 Å². The fraction of sp³-hybridized carbons (Fsp3) is 0.455. The van der Waals surface area contributed by atoms with E-state index in [1.165, 1.54) is 50.4 Å². The van der Waals surface area contributed by atoms with Gasteiger partial charge in [-0.3, -0.25) is 0 Å². The topological polar surface area (TPSA) is 68.7 Å². The summed E-state index contributed by atoms with van der Waals surface area (Å²) in [4.78, 5) is 20.5. The molecule has 0 N–H and O–H groups in total. The Morgan fingerprint density at radius 2 is 1.71 bits per heavy atom. The number of pyridine rings is 1. The summed E-state index contributed by atoms with van der Waals surface area (Å²) in [6, 6.07) is 14.7. The summed E-state index contributed by atoms with van der Waals surface area (Å²) in [6.07, 6.45) is 5.99. The molecule has 2 saturated heterocycles. The van der Waals surface area contributed by atoms with Crippen LogP contribution in [-0.4, -0.2) is 48.1 Å². The van der Waals surface area contributed by atoms with Crippen molar-refractivity contribution in [2.75, 3.05) is 31.1 Å². The summed E-state index contributed by atoms with van der Waals surface area (Å²) in [5.74, 6) is -1.83. The second kappa shape index (κ2) is 13.4. The molecule has 216 valence electrons.